The van der Waals surface area contributed by atoms with Crippen molar-refractivity contribution in [2.75, 3.05) is 16.8 Å². The Morgan fingerprint density at radius 2 is 2.00 bits per heavy atom. The molecule has 25 heavy (non-hydrogen) atoms. The van der Waals surface area contributed by atoms with Crippen molar-refractivity contribution in [3.8, 4) is 6.07 Å². The zero-order valence-electron chi connectivity index (χ0n) is 13.0. The van der Waals surface area contributed by atoms with Crippen LogP contribution in [0.3, 0.4) is 0 Å². The van der Waals surface area contributed by atoms with E-state index in [2.05, 4.69) is 5.32 Å². The Balaban J connectivity index is 1.69. The summed E-state index contributed by atoms with van der Waals surface area (Å²) in [5.74, 6) is -1.59. The Morgan fingerprint density at radius 1 is 1.28 bits per heavy atom. The van der Waals surface area contributed by atoms with E-state index in [-0.39, 0.29) is 29.8 Å². The first-order valence-electron chi connectivity index (χ1n) is 7.54. The number of halogens is 2. The van der Waals surface area contributed by atoms with Crippen LogP contribution in [-0.2, 0) is 9.59 Å². The highest BCUT2D eigenvalue weighted by atomic mass is 35.5. The summed E-state index contributed by atoms with van der Waals surface area (Å²) in [5.41, 5.74) is 1.51. The molecule has 1 N–H and O–H groups in total. The molecule has 1 aliphatic heterocycles. The molecule has 0 saturated carbocycles. The van der Waals surface area contributed by atoms with Gasteiger partial charge in [-0.05, 0) is 42.5 Å². The number of carbonyl (C=O) groups is 2. The van der Waals surface area contributed by atoms with Crippen LogP contribution in [0.1, 0.15) is 12.0 Å². The SMILES string of the molecule is N#Cc1ccc(NC(=O)C2CC(=O)N(c3ccc(F)c(Cl)c3)C2)cc1. The molecule has 1 atom stereocenters. The van der Waals surface area contributed by atoms with Crippen LogP contribution in [0.15, 0.2) is 42.5 Å². The monoisotopic (exact) mass is 357 g/mol. The number of rotatable bonds is 3. The first-order valence-corrected chi connectivity index (χ1v) is 7.92. The molecule has 0 spiro atoms. The van der Waals surface area contributed by atoms with Gasteiger partial charge in [-0.15, -0.1) is 0 Å². The van der Waals surface area contributed by atoms with Crippen molar-refractivity contribution < 1.29 is 14.0 Å². The van der Waals surface area contributed by atoms with Gasteiger partial charge in [-0.1, -0.05) is 11.6 Å². The second-order valence-electron chi connectivity index (χ2n) is 5.68. The molecule has 1 heterocycles. The average Bonchev–Trinajstić information content (AvgIpc) is 3.00. The molecule has 0 radical (unpaired) electrons. The Labute approximate surface area is 148 Å². The molecule has 2 amide bonds. The van der Waals surface area contributed by atoms with Crippen LogP contribution in [0.2, 0.25) is 5.02 Å². The molecule has 2 aromatic carbocycles. The van der Waals surface area contributed by atoms with Gasteiger partial charge in [0, 0.05) is 24.3 Å². The van der Waals surface area contributed by atoms with E-state index >= 15 is 0 Å². The lowest BCUT2D eigenvalue weighted by Gasteiger charge is -2.17. The van der Waals surface area contributed by atoms with E-state index in [1.165, 1.54) is 23.1 Å². The van der Waals surface area contributed by atoms with Crippen molar-refractivity contribution in [2.24, 2.45) is 5.92 Å². The van der Waals surface area contributed by atoms with Crippen molar-refractivity contribution in [2.45, 2.75) is 6.42 Å². The number of hydrogen-bond acceptors (Lipinski definition) is 3. The van der Waals surface area contributed by atoms with Gasteiger partial charge >= 0.3 is 0 Å². The molecule has 1 fully saturated rings. The van der Waals surface area contributed by atoms with Gasteiger partial charge < -0.3 is 10.2 Å². The molecule has 126 valence electrons. The molecule has 1 saturated heterocycles. The fourth-order valence-electron chi connectivity index (χ4n) is 2.66. The number of nitrogens with one attached hydrogen (secondary N) is 1. The van der Waals surface area contributed by atoms with Gasteiger partial charge in [-0.3, -0.25) is 9.59 Å². The maximum Gasteiger partial charge on any atom is 0.229 e. The van der Waals surface area contributed by atoms with Crippen LogP contribution in [-0.4, -0.2) is 18.4 Å². The molecule has 1 aliphatic rings. The molecule has 0 aromatic heterocycles. The quantitative estimate of drug-likeness (QED) is 0.915. The molecule has 2 aromatic rings. The Hall–Kier alpha value is -2.91. The highest BCUT2D eigenvalue weighted by molar-refractivity contribution is 6.31. The second kappa shape index (κ2) is 6.91. The lowest BCUT2D eigenvalue weighted by Crippen LogP contribution is -2.28. The molecule has 3 rings (SSSR count). The fraction of sp³-hybridized carbons (Fsp3) is 0.167. The molecule has 0 aliphatic carbocycles. The lowest BCUT2D eigenvalue weighted by atomic mass is 10.1. The van der Waals surface area contributed by atoms with Gasteiger partial charge in [0.15, 0.2) is 0 Å². The summed E-state index contributed by atoms with van der Waals surface area (Å²) >= 11 is 5.76. The third-order valence-electron chi connectivity index (χ3n) is 3.99. The zero-order chi connectivity index (χ0) is 18.0. The first kappa shape index (κ1) is 16.9. The maximum absolute atomic E-state index is 13.3. The van der Waals surface area contributed by atoms with Crippen molar-refractivity contribution in [1.82, 2.24) is 0 Å². The Bertz CT molecular complexity index is 877. The van der Waals surface area contributed by atoms with E-state index in [9.17, 15) is 14.0 Å². The van der Waals surface area contributed by atoms with Crippen molar-refractivity contribution >= 4 is 34.8 Å². The van der Waals surface area contributed by atoms with E-state index in [1.807, 2.05) is 6.07 Å². The fourth-order valence-corrected chi connectivity index (χ4v) is 2.83. The van der Waals surface area contributed by atoms with E-state index < -0.39 is 11.7 Å². The number of carbonyl (C=O) groups excluding carboxylic acids is 2. The van der Waals surface area contributed by atoms with Gasteiger partial charge in [0.1, 0.15) is 5.82 Å². The number of nitriles is 1. The highest BCUT2D eigenvalue weighted by Gasteiger charge is 2.35. The normalized spacial score (nSPS) is 16.6. The van der Waals surface area contributed by atoms with Crippen LogP contribution >= 0.6 is 11.6 Å². The molecule has 1 unspecified atom stereocenters. The molecular weight excluding hydrogens is 345 g/mol. The summed E-state index contributed by atoms with van der Waals surface area (Å²) in [7, 11) is 0. The van der Waals surface area contributed by atoms with Gasteiger partial charge in [0.25, 0.3) is 0 Å². The second-order valence-corrected chi connectivity index (χ2v) is 6.09. The van der Waals surface area contributed by atoms with Crippen molar-refractivity contribution in [1.29, 1.82) is 5.26 Å². The predicted octanol–water partition coefficient (Wildman–Crippen LogP) is 3.34. The summed E-state index contributed by atoms with van der Waals surface area (Å²) in [6, 6.07) is 12.5. The van der Waals surface area contributed by atoms with Gasteiger partial charge in [0.05, 0.1) is 22.6 Å². The van der Waals surface area contributed by atoms with Crippen molar-refractivity contribution in [3.05, 3.63) is 58.9 Å². The standard InChI is InChI=1S/C18H13ClFN3O2/c19-15-8-14(5-6-16(15)20)23-10-12(7-17(23)24)18(25)22-13-3-1-11(9-21)2-4-13/h1-6,8,12H,7,10H2,(H,22,25). The first-order chi connectivity index (χ1) is 12.0. The molecular formula is C18H13ClFN3O2. The molecule has 7 heteroatoms. The maximum atomic E-state index is 13.3. The van der Waals surface area contributed by atoms with Crippen LogP contribution < -0.4 is 10.2 Å². The molecule has 5 nitrogen and oxygen atoms in total. The van der Waals surface area contributed by atoms with Gasteiger partial charge in [0.2, 0.25) is 11.8 Å². The largest absolute Gasteiger partial charge is 0.326 e. The minimum absolute atomic E-state index is 0.0666. The van der Waals surface area contributed by atoms with Crippen LogP contribution in [0.5, 0.6) is 0 Å². The molecule has 0 bridgehead atoms. The summed E-state index contributed by atoms with van der Waals surface area (Å²) < 4.78 is 13.3. The summed E-state index contributed by atoms with van der Waals surface area (Å²) in [4.78, 5) is 26.0. The zero-order valence-corrected chi connectivity index (χ0v) is 13.8. The summed E-state index contributed by atoms with van der Waals surface area (Å²) in [5, 5.41) is 11.4. The highest BCUT2D eigenvalue weighted by Crippen LogP contribution is 2.29. The minimum atomic E-state index is -0.563. The van der Waals surface area contributed by atoms with E-state index in [4.69, 9.17) is 16.9 Å². The minimum Gasteiger partial charge on any atom is -0.326 e. The summed E-state index contributed by atoms with van der Waals surface area (Å²) in [6.07, 6.45) is 0.0666. The van der Waals surface area contributed by atoms with E-state index in [0.29, 0.717) is 16.9 Å². The van der Waals surface area contributed by atoms with Crippen molar-refractivity contribution in [3.63, 3.8) is 0 Å². The number of hydrogen-bond donors (Lipinski definition) is 1. The van der Waals surface area contributed by atoms with Gasteiger partial charge in [-0.2, -0.15) is 5.26 Å². The Kier molecular flexibility index (Phi) is 4.68. The number of anilines is 2. The predicted molar refractivity (Wildman–Crippen MR) is 91.7 cm³/mol. The third kappa shape index (κ3) is 3.62. The van der Waals surface area contributed by atoms with Crippen LogP contribution in [0.4, 0.5) is 15.8 Å². The van der Waals surface area contributed by atoms with E-state index in [0.717, 1.165) is 0 Å². The third-order valence-corrected chi connectivity index (χ3v) is 4.28. The summed E-state index contributed by atoms with van der Waals surface area (Å²) in [6.45, 7) is 0.197. The van der Waals surface area contributed by atoms with Crippen LogP contribution in [0, 0.1) is 23.1 Å². The lowest BCUT2D eigenvalue weighted by molar-refractivity contribution is -0.122. The number of amides is 2. The topological polar surface area (TPSA) is 73.2 Å². The van der Waals surface area contributed by atoms with Crippen LogP contribution in [0.25, 0.3) is 0 Å². The number of benzene rings is 2. The van der Waals surface area contributed by atoms with E-state index in [1.54, 1.807) is 24.3 Å². The number of nitrogens with zero attached hydrogens (tertiary/aromatic N) is 2. The Morgan fingerprint density at radius 3 is 2.64 bits per heavy atom. The smallest absolute Gasteiger partial charge is 0.229 e. The van der Waals surface area contributed by atoms with Gasteiger partial charge in [-0.25, -0.2) is 4.39 Å². The average molecular weight is 358 g/mol.